The van der Waals surface area contributed by atoms with E-state index in [9.17, 15) is 9.59 Å². The van der Waals surface area contributed by atoms with Gasteiger partial charge in [0.05, 0.1) is 7.11 Å². The second-order valence-electron chi connectivity index (χ2n) is 3.09. The Morgan fingerprint density at radius 3 is 2.81 bits per heavy atom. The van der Waals surface area contributed by atoms with Crippen molar-refractivity contribution < 1.29 is 14.3 Å². The summed E-state index contributed by atoms with van der Waals surface area (Å²) in [4.78, 5) is 26.4. The third kappa shape index (κ3) is 3.20. The van der Waals surface area contributed by atoms with Crippen LogP contribution in [0.2, 0.25) is 5.15 Å². The highest BCUT2D eigenvalue weighted by Gasteiger charge is 2.16. The molecule has 1 heterocycles. The van der Waals surface area contributed by atoms with E-state index in [1.807, 2.05) is 0 Å². The maximum absolute atomic E-state index is 11.6. The first-order valence-electron chi connectivity index (χ1n) is 4.55. The number of esters is 1. The van der Waals surface area contributed by atoms with Crippen molar-refractivity contribution in [3.05, 3.63) is 29.0 Å². The number of aromatic nitrogens is 1. The highest BCUT2D eigenvalue weighted by Crippen LogP contribution is 2.07. The highest BCUT2D eigenvalue weighted by molar-refractivity contribution is 6.29. The maximum atomic E-state index is 11.6. The number of carbonyl (C=O) groups is 2. The van der Waals surface area contributed by atoms with Crippen LogP contribution in [0.1, 0.15) is 17.3 Å². The Morgan fingerprint density at radius 1 is 1.56 bits per heavy atom. The van der Waals surface area contributed by atoms with Gasteiger partial charge in [-0.25, -0.2) is 9.78 Å². The van der Waals surface area contributed by atoms with E-state index >= 15 is 0 Å². The fourth-order valence-corrected chi connectivity index (χ4v) is 1.23. The van der Waals surface area contributed by atoms with Crippen molar-refractivity contribution in [1.29, 1.82) is 0 Å². The molecule has 0 bridgehead atoms. The minimum atomic E-state index is -0.704. The van der Waals surface area contributed by atoms with Gasteiger partial charge in [-0.1, -0.05) is 11.6 Å². The zero-order valence-electron chi connectivity index (χ0n) is 8.86. The Balaban J connectivity index is 2.69. The zero-order valence-corrected chi connectivity index (χ0v) is 9.62. The number of ether oxygens (including phenoxy) is 1. The van der Waals surface area contributed by atoms with Gasteiger partial charge in [0.1, 0.15) is 11.2 Å². The van der Waals surface area contributed by atoms with Gasteiger partial charge in [0.25, 0.3) is 5.91 Å². The fourth-order valence-electron chi connectivity index (χ4n) is 1.06. The molecule has 0 saturated carbocycles. The zero-order chi connectivity index (χ0) is 12.1. The number of halogens is 1. The number of carbonyl (C=O) groups excluding carboxylic acids is 2. The molecule has 0 saturated heterocycles. The van der Waals surface area contributed by atoms with Gasteiger partial charge in [-0.3, -0.25) is 4.79 Å². The summed E-state index contributed by atoms with van der Waals surface area (Å²) < 4.78 is 4.48. The van der Waals surface area contributed by atoms with Crippen LogP contribution in [-0.4, -0.2) is 30.0 Å². The summed E-state index contributed by atoms with van der Waals surface area (Å²) in [7, 11) is 1.26. The molecule has 1 atom stereocenters. The highest BCUT2D eigenvalue weighted by atomic mass is 35.5. The number of hydrogen-bond acceptors (Lipinski definition) is 4. The number of hydrogen-bond donors (Lipinski definition) is 1. The second kappa shape index (κ2) is 5.46. The van der Waals surface area contributed by atoms with Gasteiger partial charge in [0.15, 0.2) is 0 Å². The third-order valence-electron chi connectivity index (χ3n) is 1.89. The molecule has 0 fully saturated rings. The predicted octanol–water partition coefficient (Wildman–Crippen LogP) is 1.03. The molecule has 0 aliphatic rings. The third-order valence-corrected chi connectivity index (χ3v) is 2.10. The monoisotopic (exact) mass is 242 g/mol. The Hall–Kier alpha value is -1.62. The van der Waals surface area contributed by atoms with Crippen molar-refractivity contribution in [3.63, 3.8) is 0 Å². The summed E-state index contributed by atoms with van der Waals surface area (Å²) in [6.07, 6.45) is 1.42. The first-order valence-corrected chi connectivity index (χ1v) is 4.92. The van der Waals surface area contributed by atoms with Crippen LogP contribution in [0.15, 0.2) is 18.3 Å². The van der Waals surface area contributed by atoms with Crippen LogP contribution < -0.4 is 5.32 Å². The fraction of sp³-hybridized carbons (Fsp3) is 0.300. The lowest BCUT2D eigenvalue weighted by Gasteiger charge is -2.11. The summed E-state index contributed by atoms with van der Waals surface area (Å²) in [5.41, 5.74) is 0.343. The molecule has 86 valence electrons. The molecule has 0 radical (unpaired) electrons. The minimum absolute atomic E-state index is 0.221. The van der Waals surface area contributed by atoms with Crippen molar-refractivity contribution in [1.82, 2.24) is 10.3 Å². The standard InChI is InChI=1S/C10H11ClN2O3/c1-6(10(15)16-2)13-9(14)7-3-4-12-8(11)5-7/h3-6H,1-2H3,(H,13,14). The Morgan fingerprint density at radius 2 is 2.25 bits per heavy atom. The lowest BCUT2D eigenvalue weighted by atomic mass is 10.2. The summed E-state index contributed by atoms with van der Waals surface area (Å²) >= 11 is 5.63. The summed E-state index contributed by atoms with van der Waals surface area (Å²) in [6.45, 7) is 1.53. The molecular formula is C10H11ClN2O3. The average molecular weight is 243 g/mol. The minimum Gasteiger partial charge on any atom is -0.467 e. The van der Waals surface area contributed by atoms with Crippen molar-refractivity contribution in [2.45, 2.75) is 13.0 Å². The van der Waals surface area contributed by atoms with Crippen molar-refractivity contribution >= 4 is 23.5 Å². The number of nitrogens with one attached hydrogen (secondary N) is 1. The van der Waals surface area contributed by atoms with Crippen LogP contribution in [0, 0.1) is 0 Å². The largest absolute Gasteiger partial charge is 0.467 e. The summed E-state index contributed by atoms with van der Waals surface area (Å²) in [5.74, 6) is -0.907. The number of methoxy groups -OCH3 is 1. The Bertz CT molecular complexity index is 409. The molecule has 1 rings (SSSR count). The maximum Gasteiger partial charge on any atom is 0.328 e. The molecule has 1 aromatic heterocycles. The molecule has 0 aliphatic heterocycles. The van der Waals surface area contributed by atoms with Crippen LogP contribution >= 0.6 is 11.6 Å². The van der Waals surface area contributed by atoms with Crippen molar-refractivity contribution in [3.8, 4) is 0 Å². The molecule has 1 amide bonds. The van der Waals surface area contributed by atoms with Crippen molar-refractivity contribution in [2.24, 2.45) is 0 Å². The van der Waals surface area contributed by atoms with Gasteiger partial charge in [-0.05, 0) is 19.1 Å². The average Bonchev–Trinajstić information content (AvgIpc) is 2.27. The molecule has 6 heteroatoms. The van der Waals surface area contributed by atoms with Gasteiger partial charge in [0.2, 0.25) is 0 Å². The number of rotatable bonds is 3. The Kier molecular flexibility index (Phi) is 4.25. The molecule has 1 aromatic rings. The number of nitrogens with zero attached hydrogens (tertiary/aromatic N) is 1. The van der Waals surface area contributed by atoms with Gasteiger partial charge in [0, 0.05) is 11.8 Å². The lowest BCUT2D eigenvalue weighted by Crippen LogP contribution is -2.39. The number of amides is 1. The Labute approximate surface area is 97.8 Å². The first-order chi connectivity index (χ1) is 7.54. The van der Waals surface area contributed by atoms with E-state index in [2.05, 4.69) is 15.0 Å². The van der Waals surface area contributed by atoms with E-state index in [4.69, 9.17) is 11.6 Å². The second-order valence-corrected chi connectivity index (χ2v) is 3.47. The number of pyridine rings is 1. The van der Waals surface area contributed by atoms with Crippen molar-refractivity contribution in [2.75, 3.05) is 7.11 Å². The molecule has 0 aromatic carbocycles. The quantitative estimate of drug-likeness (QED) is 0.635. The first kappa shape index (κ1) is 12.4. The van der Waals surface area contributed by atoms with E-state index in [1.165, 1.54) is 32.4 Å². The molecular weight excluding hydrogens is 232 g/mol. The van der Waals surface area contributed by atoms with Crippen LogP contribution in [0.3, 0.4) is 0 Å². The van der Waals surface area contributed by atoms with E-state index in [-0.39, 0.29) is 5.15 Å². The topological polar surface area (TPSA) is 68.3 Å². The lowest BCUT2D eigenvalue weighted by molar-refractivity contribution is -0.142. The van der Waals surface area contributed by atoms with E-state index in [0.29, 0.717) is 5.56 Å². The van der Waals surface area contributed by atoms with E-state index in [0.717, 1.165) is 0 Å². The van der Waals surface area contributed by atoms with E-state index in [1.54, 1.807) is 0 Å². The summed E-state index contributed by atoms with van der Waals surface area (Å²) in [6, 6.07) is 2.22. The van der Waals surface area contributed by atoms with Crippen LogP contribution in [0.25, 0.3) is 0 Å². The van der Waals surface area contributed by atoms with Crippen LogP contribution in [0.5, 0.6) is 0 Å². The van der Waals surface area contributed by atoms with Crippen LogP contribution in [0.4, 0.5) is 0 Å². The van der Waals surface area contributed by atoms with E-state index < -0.39 is 17.9 Å². The summed E-state index contributed by atoms with van der Waals surface area (Å²) in [5, 5.41) is 2.69. The molecule has 1 N–H and O–H groups in total. The smallest absolute Gasteiger partial charge is 0.328 e. The molecule has 0 aliphatic carbocycles. The SMILES string of the molecule is COC(=O)C(C)NC(=O)c1ccnc(Cl)c1. The molecule has 1 unspecified atom stereocenters. The van der Waals surface area contributed by atoms with Gasteiger partial charge < -0.3 is 10.1 Å². The van der Waals surface area contributed by atoms with Gasteiger partial charge >= 0.3 is 5.97 Å². The molecule has 0 spiro atoms. The molecule has 5 nitrogen and oxygen atoms in total. The normalized spacial score (nSPS) is 11.7. The van der Waals surface area contributed by atoms with Crippen LogP contribution in [-0.2, 0) is 9.53 Å². The molecule has 16 heavy (non-hydrogen) atoms. The van der Waals surface area contributed by atoms with Gasteiger partial charge in [-0.15, -0.1) is 0 Å². The van der Waals surface area contributed by atoms with Gasteiger partial charge in [-0.2, -0.15) is 0 Å². The predicted molar refractivity (Wildman–Crippen MR) is 58.2 cm³/mol.